The number of nitriles is 1. The molecule has 50 heavy (non-hydrogen) atoms. The van der Waals surface area contributed by atoms with E-state index >= 15 is 0 Å². The highest BCUT2D eigenvalue weighted by Gasteiger charge is 2.53. The van der Waals surface area contributed by atoms with Crippen molar-refractivity contribution in [3.05, 3.63) is 36.5 Å². The van der Waals surface area contributed by atoms with Crippen LogP contribution in [0.2, 0.25) is 0 Å². The lowest BCUT2D eigenvalue weighted by Crippen LogP contribution is -2.48. The molecule has 0 heterocycles. The Kier molecular flexibility index (Phi) is 17.3. The molecule has 0 N–H and O–H groups in total. The molecule has 5 unspecified atom stereocenters. The summed E-state index contributed by atoms with van der Waals surface area (Å²) >= 11 is 0. The Morgan fingerprint density at radius 2 is 1.78 bits per heavy atom. The third-order valence-electron chi connectivity index (χ3n) is 14.4. The normalized spacial score (nSPS) is 29.2. The maximum atomic E-state index is 13.0. The number of carbonyl (C=O) groups is 1. The first-order valence-electron chi connectivity index (χ1n) is 20.6. The van der Waals surface area contributed by atoms with Crippen LogP contribution in [0.15, 0.2) is 41.4 Å². The zero-order valence-corrected chi connectivity index (χ0v) is 34.6. The largest absolute Gasteiger partial charge is 0.458 e. The quantitative estimate of drug-likeness (QED) is 0.0445. The van der Waals surface area contributed by atoms with Gasteiger partial charge in [-0.3, -0.25) is 4.99 Å². The number of fused-ring (bicyclic) bond motifs is 2. The third kappa shape index (κ3) is 10.7. The molecule has 2 aliphatic carbocycles. The number of nitrogens with zero attached hydrogens (tertiary/aromatic N) is 2. The lowest BCUT2D eigenvalue weighted by molar-refractivity contribution is -0.150. The Bertz CT molecular complexity index is 1200. The van der Waals surface area contributed by atoms with Crippen LogP contribution >= 0.6 is 0 Å². The van der Waals surface area contributed by atoms with Gasteiger partial charge in [-0.25, -0.2) is 4.79 Å². The monoisotopic (exact) mass is 691 g/mol. The van der Waals surface area contributed by atoms with E-state index in [1.54, 1.807) is 25.4 Å². The van der Waals surface area contributed by atoms with Crippen LogP contribution in [-0.4, -0.2) is 25.3 Å². The fourth-order valence-electron chi connectivity index (χ4n) is 10.4. The molecule has 4 nitrogen and oxygen atoms in total. The first-order chi connectivity index (χ1) is 23.6. The van der Waals surface area contributed by atoms with Gasteiger partial charge in [0.15, 0.2) is 0 Å². The predicted octanol–water partition coefficient (Wildman–Crippen LogP) is 13.3. The number of rotatable bonds is 19. The number of allylic oxidation sites excluding steroid dienone is 2. The van der Waals surface area contributed by atoms with Gasteiger partial charge in [0.25, 0.3) is 0 Å². The van der Waals surface area contributed by atoms with Crippen molar-refractivity contribution in [2.75, 3.05) is 7.05 Å². The van der Waals surface area contributed by atoms with Gasteiger partial charge in [-0.05, 0) is 123 Å². The predicted molar refractivity (Wildman–Crippen MR) is 215 cm³/mol. The highest BCUT2D eigenvalue weighted by atomic mass is 16.5. The molecule has 2 fully saturated rings. The summed E-state index contributed by atoms with van der Waals surface area (Å²) in [4.78, 5) is 17.0. The van der Waals surface area contributed by atoms with Crippen LogP contribution in [0.4, 0.5) is 0 Å². The van der Waals surface area contributed by atoms with Crippen molar-refractivity contribution in [1.82, 2.24) is 0 Å². The average Bonchev–Trinajstić information content (AvgIpc) is 3.08. The SMILES string of the molecule is C=C/C(=C\C=N/C)C(=O)OC(CCCC(C)(CC)C(CC)CCCC1[C@@H]2CC(CC)(CCC[C@@]1(C#N)[C@H](C)CC)CC[C@H]2C(=C)C)C(C)(C)C. The fraction of sp³-hybridized carbons (Fsp3) is 0.804. The molecule has 0 amide bonds. The highest BCUT2D eigenvalue weighted by Crippen LogP contribution is 2.60. The number of carbonyl (C=O) groups excluding carboxylic acids is 1. The maximum Gasteiger partial charge on any atom is 0.338 e. The second kappa shape index (κ2) is 19.6. The molecule has 0 aromatic rings. The van der Waals surface area contributed by atoms with Crippen LogP contribution in [-0.2, 0) is 9.53 Å². The van der Waals surface area contributed by atoms with E-state index in [-0.39, 0.29) is 28.3 Å². The Hall–Kier alpha value is -2.15. The summed E-state index contributed by atoms with van der Waals surface area (Å²) in [6.45, 7) is 31.4. The van der Waals surface area contributed by atoms with Gasteiger partial charge >= 0.3 is 5.97 Å². The van der Waals surface area contributed by atoms with Gasteiger partial charge in [-0.1, -0.05) is 126 Å². The summed E-state index contributed by atoms with van der Waals surface area (Å²) in [5.74, 6) is 2.24. The van der Waals surface area contributed by atoms with E-state index in [2.05, 4.69) is 93.5 Å². The number of hydrogen-bond donors (Lipinski definition) is 0. The van der Waals surface area contributed by atoms with E-state index in [4.69, 9.17) is 4.74 Å². The molecule has 2 rings (SSSR count). The smallest absolute Gasteiger partial charge is 0.338 e. The molecule has 0 spiro atoms. The second-order valence-electron chi connectivity index (χ2n) is 18.1. The maximum absolute atomic E-state index is 13.0. The summed E-state index contributed by atoms with van der Waals surface area (Å²) < 4.78 is 6.11. The Morgan fingerprint density at radius 3 is 2.30 bits per heavy atom. The molecule has 2 aliphatic rings. The molecule has 0 radical (unpaired) electrons. The van der Waals surface area contributed by atoms with Gasteiger partial charge in [0.1, 0.15) is 6.10 Å². The minimum atomic E-state index is -0.326. The summed E-state index contributed by atoms with van der Waals surface area (Å²) in [6, 6.07) is 3.08. The van der Waals surface area contributed by atoms with Gasteiger partial charge < -0.3 is 4.74 Å². The average molecular weight is 691 g/mol. The van der Waals surface area contributed by atoms with Crippen LogP contribution in [0.3, 0.4) is 0 Å². The molecule has 0 saturated heterocycles. The Balaban J connectivity index is 2.28. The van der Waals surface area contributed by atoms with Gasteiger partial charge in [0.2, 0.25) is 0 Å². The summed E-state index contributed by atoms with van der Waals surface area (Å²) in [7, 11) is 1.69. The number of ether oxygens (including phenoxy) is 1. The van der Waals surface area contributed by atoms with Crippen molar-refractivity contribution in [2.24, 2.45) is 56.2 Å². The summed E-state index contributed by atoms with van der Waals surface area (Å²) in [5.41, 5.74) is 2.04. The second-order valence-corrected chi connectivity index (χ2v) is 18.1. The van der Waals surface area contributed by atoms with Crippen LogP contribution in [0.25, 0.3) is 0 Å². The minimum absolute atomic E-state index is 0.163. The molecule has 0 aliphatic heterocycles. The first-order valence-corrected chi connectivity index (χ1v) is 20.6. The van der Waals surface area contributed by atoms with Crippen molar-refractivity contribution < 1.29 is 9.53 Å². The number of hydrogen-bond acceptors (Lipinski definition) is 4. The van der Waals surface area contributed by atoms with Crippen molar-refractivity contribution in [3.63, 3.8) is 0 Å². The van der Waals surface area contributed by atoms with Crippen LogP contribution in [0.5, 0.6) is 0 Å². The van der Waals surface area contributed by atoms with Gasteiger partial charge in [0, 0.05) is 13.3 Å². The van der Waals surface area contributed by atoms with Crippen LogP contribution in [0.1, 0.15) is 172 Å². The third-order valence-corrected chi connectivity index (χ3v) is 14.4. The molecule has 2 saturated carbocycles. The zero-order chi connectivity index (χ0) is 37.8. The molecule has 2 bridgehead atoms. The standard InChI is InChI=1S/C46H78N2O2/c1-14-35(8)46(33-47)29-21-28-45(18-5)30-25-38(34(6)7)39(32-45)40(46)23-19-22-37(16-3)44(12,17-4)27-20-24-41(43(9,10)11)50-42(49)36(15-2)26-31-48-13/h15,26,31,35,37-41H,2,6,14,16-25,27-30,32H2,1,3-5,7-13H3/b36-26+,48-31-/t35-,37?,38+,39-,40?,41?,44?,45?,46-/m1/s1. The van der Waals surface area contributed by atoms with E-state index in [1.807, 2.05) is 0 Å². The molecular formula is C46H78N2O2. The molecular weight excluding hydrogens is 613 g/mol. The van der Waals surface area contributed by atoms with E-state index in [0.717, 1.165) is 44.9 Å². The van der Waals surface area contributed by atoms with Crippen LogP contribution in [0, 0.1) is 62.6 Å². The van der Waals surface area contributed by atoms with E-state index < -0.39 is 0 Å². The molecule has 284 valence electrons. The number of esters is 1. The molecule has 9 atom stereocenters. The van der Waals surface area contributed by atoms with Crippen molar-refractivity contribution in [1.29, 1.82) is 5.26 Å². The van der Waals surface area contributed by atoms with E-state index in [0.29, 0.717) is 40.6 Å². The first kappa shape index (κ1) is 44.0. The van der Waals surface area contributed by atoms with Gasteiger partial charge in [0.05, 0.1) is 17.1 Å². The fourth-order valence-corrected chi connectivity index (χ4v) is 10.4. The summed E-state index contributed by atoms with van der Waals surface area (Å²) in [6.07, 6.45) is 23.3. The van der Waals surface area contributed by atoms with E-state index in [9.17, 15) is 10.1 Å². The van der Waals surface area contributed by atoms with Crippen molar-refractivity contribution in [2.45, 2.75) is 178 Å². The lowest BCUT2D eigenvalue weighted by atomic mass is 9.49. The lowest BCUT2D eigenvalue weighted by Gasteiger charge is -2.55. The molecule has 0 aromatic heterocycles. The van der Waals surface area contributed by atoms with Crippen molar-refractivity contribution >= 4 is 12.2 Å². The number of aliphatic imine (C=N–C) groups is 1. The Morgan fingerprint density at radius 1 is 1.08 bits per heavy atom. The zero-order valence-electron chi connectivity index (χ0n) is 34.6. The molecule has 0 aromatic carbocycles. The van der Waals surface area contributed by atoms with E-state index in [1.165, 1.54) is 63.4 Å². The summed E-state index contributed by atoms with van der Waals surface area (Å²) in [5, 5.41) is 11.1. The van der Waals surface area contributed by atoms with Gasteiger partial charge in [-0.15, -0.1) is 0 Å². The van der Waals surface area contributed by atoms with Crippen molar-refractivity contribution in [3.8, 4) is 6.07 Å². The Labute approximate surface area is 310 Å². The van der Waals surface area contributed by atoms with Crippen LogP contribution < -0.4 is 0 Å². The topological polar surface area (TPSA) is 62.4 Å². The minimum Gasteiger partial charge on any atom is -0.458 e. The van der Waals surface area contributed by atoms with Gasteiger partial charge in [-0.2, -0.15) is 5.26 Å². The highest BCUT2D eigenvalue weighted by molar-refractivity contribution is 5.96. The molecule has 4 heteroatoms.